The molecule has 0 atom stereocenters. The van der Waals surface area contributed by atoms with Gasteiger partial charge in [-0.05, 0) is 41.3 Å². The standard InChI is InChI=1S/C26H27NO3/c1-29-24-15-13-20(19-25(24)30-2)14-16-26(28)27-18-17-23(21-9-5-3-6-10-21)22-11-7-4-8-12-22/h3-16,19,23H,17-18H2,1-2H3,(H,27,28)/b16-14+. The van der Waals surface area contributed by atoms with Crippen molar-refractivity contribution in [3.05, 3.63) is 102 Å². The van der Waals surface area contributed by atoms with E-state index in [0.29, 0.717) is 18.0 Å². The van der Waals surface area contributed by atoms with Crippen LogP contribution >= 0.6 is 0 Å². The number of hydrogen-bond donors (Lipinski definition) is 1. The SMILES string of the molecule is COc1ccc(/C=C/C(=O)NCCC(c2ccccc2)c2ccccc2)cc1OC. The molecule has 1 N–H and O–H groups in total. The predicted octanol–water partition coefficient (Wildman–Crippen LogP) is 5.06. The molecule has 4 heteroatoms. The van der Waals surface area contributed by atoms with Crippen molar-refractivity contribution < 1.29 is 14.3 Å². The third-order valence-electron chi connectivity index (χ3n) is 4.97. The van der Waals surface area contributed by atoms with E-state index in [1.165, 1.54) is 11.1 Å². The highest BCUT2D eigenvalue weighted by atomic mass is 16.5. The fourth-order valence-electron chi connectivity index (χ4n) is 3.42. The first-order chi connectivity index (χ1) is 14.7. The molecule has 1 amide bonds. The Bertz CT molecular complexity index is 929. The molecule has 0 unspecified atom stereocenters. The second-order valence-corrected chi connectivity index (χ2v) is 6.90. The number of benzene rings is 3. The molecule has 0 radical (unpaired) electrons. The van der Waals surface area contributed by atoms with Gasteiger partial charge in [0.2, 0.25) is 5.91 Å². The molecule has 3 rings (SSSR count). The predicted molar refractivity (Wildman–Crippen MR) is 121 cm³/mol. The van der Waals surface area contributed by atoms with Gasteiger partial charge in [-0.1, -0.05) is 66.7 Å². The maximum atomic E-state index is 12.3. The van der Waals surface area contributed by atoms with Crippen LogP contribution in [-0.2, 0) is 4.79 Å². The van der Waals surface area contributed by atoms with Gasteiger partial charge < -0.3 is 14.8 Å². The summed E-state index contributed by atoms with van der Waals surface area (Å²) in [6.07, 6.45) is 4.13. The van der Waals surface area contributed by atoms with E-state index >= 15 is 0 Å². The summed E-state index contributed by atoms with van der Waals surface area (Å²) in [7, 11) is 3.19. The van der Waals surface area contributed by atoms with E-state index in [9.17, 15) is 4.79 Å². The number of carbonyl (C=O) groups excluding carboxylic acids is 1. The van der Waals surface area contributed by atoms with Gasteiger partial charge in [-0.15, -0.1) is 0 Å². The molecule has 0 bridgehead atoms. The van der Waals surface area contributed by atoms with Crippen molar-refractivity contribution >= 4 is 12.0 Å². The third kappa shape index (κ3) is 5.74. The van der Waals surface area contributed by atoms with E-state index in [0.717, 1.165) is 12.0 Å². The summed E-state index contributed by atoms with van der Waals surface area (Å²) in [5, 5.41) is 2.99. The Morgan fingerprint density at radius 3 is 2.03 bits per heavy atom. The molecule has 154 valence electrons. The van der Waals surface area contributed by atoms with Gasteiger partial charge in [0.1, 0.15) is 0 Å². The smallest absolute Gasteiger partial charge is 0.243 e. The lowest BCUT2D eigenvalue weighted by Crippen LogP contribution is -2.23. The van der Waals surface area contributed by atoms with Crippen molar-refractivity contribution in [3.63, 3.8) is 0 Å². The number of rotatable bonds is 9. The Morgan fingerprint density at radius 2 is 1.47 bits per heavy atom. The highest BCUT2D eigenvalue weighted by Gasteiger charge is 2.13. The topological polar surface area (TPSA) is 47.6 Å². The molecular formula is C26H27NO3. The molecule has 0 heterocycles. The lowest BCUT2D eigenvalue weighted by Gasteiger charge is -2.18. The molecule has 4 nitrogen and oxygen atoms in total. The summed E-state index contributed by atoms with van der Waals surface area (Å²) in [6.45, 7) is 0.587. The maximum absolute atomic E-state index is 12.3. The molecule has 0 fully saturated rings. The number of carbonyl (C=O) groups is 1. The Labute approximate surface area is 178 Å². The number of amides is 1. The molecule has 3 aromatic rings. The second kappa shape index (κ2) is 10.9. The number of hydrogen-bond acceptors (Lipinski definition) is 3. The van der Waals surface area contributed by atoms with Crippen molar-refractivity contribution in [1.82, 2.24) is 5.32 Å². The van der Waals surface area contributed by atoms with Gasteiger partial charge in [0.25, 0.3) is 0 Å². The van der Waals surface area contributed by atoms with E-state index < -0.39 is 0 Å². The molecule has 0 aliphatic rings. The van der Waals surface area contributed by atoms with Crippen LogP contribution in [0.25, 0.3) is 6.08 Å². The molecule has 0 aliphatic carbocycles. The van der Waals surface area contributed by atoms with E-state index in [1.807, 2.05) is 30.3 Å². The monoisotopic (exact) mass is 401 g/mol. The van der Waals surface area contributed by atoms with Crippen molar-refractivity contribution in [2.24, 2.45) is 0 Å². The van der Waals surface area contributed by atoms with E-state index in [1.54, 1.807) is 26.4 Å². The summed E-state index contributed by atoms with van der Waals surface area (Å²) < 4.78 is 10.5. The zero-order chi connectivity index (χ0) is 21.2. The van der Waals surface area contributed by atoms with Crippen molar-refractivity contribution in [2.45, 2.75) is 12.3 Å². The number of nitrogens with one attached hydrogen (secondary N) is 1. The van der Waals surface area contributed by atoms with E-state index in [-0.39, 0.29) is 11.8 Å². The Kier molecular flexibility index (Phi) is 7.67. The average molecular weight is 402 g/mol. The normalized spacial score (nSPS) is 10.9. The molecule has 0 saturated carbocycles. The summed E-state index contributed by atoms with van der Waals surface area (Å²) in [5.74, 6) is 1.41. The molecule has 30 heavy (non-hydrogen) atoms. The summed E-state index contributed by atoms with van der Waals surface area (Å²) in [6, 6.07) is 26.3. The number of ether oxygens (including phenoxy) is 2. The quantitative estimate of drug-likeness (QED) is 0.510. The molecule has 3 aromatic carbocycles. The maximum Gasteiger partial charge on any atom is 0.243 e. The Balaban J connectivity index is 1.60. The van der Waals surface area contributed by atoms with Crippen molar-refractivity contribution in [2.75, 3.05) is 20.8 Å². The zero-order valence-corrected chi connectivity index (χ0v) is 17.4. The van der Waals surface area contributed by atoms with Crippen LogP contribution in [-0.4, -0.2) is 26.7 Å². The van der Waals surface area contributed by atoms with Gasteiger partial charge in [-0.3, -0.25) is 4.79 Å². The van der Waals surface area contributed by atoms with Gasteiger partial charge in [-0.2, -0.15) is 0 Å². The van der Waals surface area contributed by atoms with Gasteiger partial charge in [0.15, 0.2) is 11.5 Å². The minimum atomic E-state index is -0.121. The lowest BCUT2D eigenvalue weighted by molar-refractivity contribution is -0.116. The first-order valence-corrected chi connectivity index (χ1v) is 9.99. The molecular weight excluding hydrogens is 374 g/mol. The molecule has 0 spiro atoms. The lowest BCUT2D eigenvalue weighted by atomic mass is 9.88. The van der Waals surface area contributed by atoms with Crippen molar-refractivity contribution in [3.8, 4) is 11.5 Å². The first-order valence-electron chi connectivity index (χ1n) is 9.99. The van der Waals surface area contributed by atoms with Crippen LogP contribution < -0.4 is 14.8 Å². The summed E-state index contributed by atoms with van der Waals surface area (Å²) in [5.41, 5.74) is 3.37. The first kappa shape index (κ1) is 21.2. The van der Waals surface area contributed by atoms with Gasteiger partial charge in [0, 0.05) is 18.5 Å². The van der Waals surface area contributed by atoms with Crippen LogP contribution in [0.5, 0.6) is 11.5 Å². The molecule has 0 aromatic heterocycles. The molecule has 0 aliphatic heterocycles. The van der Waals surface area contributed by atoms with Crippen LogP contribution in [0.4, 0.5) is 0 Å². The van der Waals surface area contributed by atoms with E-state index in [4.69, 9.17) is 9.47 Å². The zero-order valence-electron chi connectivity index (χ0n) is 17.4. The highest BCUT2D eigenvalue weighted by Crippen LogP contribution is 2.28. The van der Waals surface area contributed by atoms with Gasteiger partial charge in [-0.25, -0.2) is 0 Å². The summed E-state index contributed by atoms with van der Waals surface area (Å²) in [4.78, 5) is 12.3. The third-order valence-corrected chi connectivity index (χ3v) is 4.97. The van der Waals surface area contributed by atoms with Crippen LogP contribution in [0.15, 0.2) is 84.9 Å². The van der Waals surface area contributed by atoms with Gasteiger partial charge >= 0.3 is 0 Å². The Morgan fingerprint density at radius 1 is 0.867 bits per heavy atom. The largest absolute Gasteiger partial charge is 0.493 e. The fourth-order valence-corrected chi connectivity index (χ4v) is 3.42. The van der Waals surface area contributed by atoms with Crippen LogP contribution in [0.3, 0.4) is 0 Å². The minimum Gasteiger partial charge on any atom is -0.493 e. The minimum absolute atomic E-state index is 0.121. The average Bonchev–Trinajstić information content (AvgIpc) is 2.81. The van der Waals surface area contributed by atoms with Gasteiger partial charge in [0.05, 0.1) is 14.2 Å². The second-order valence-electron chi connectivity index (χ2n) is 6.90. The van der Waals surface area contributed by atoms with E-state index in [2.05, 4.69) is 53.8 Å². The van der Waals surface area contributed by atoms with Crippen molar-refractivity contribution in [1.29, 1.82) is 0 Å². The Hall–Kier alpha value is -3.53. The van der Waals surface area contributed by atoms with Crippen LogP contribution in [0, 0.1) is 0 Å². The highest BCUT2D eigenvalue weighted by molar-refractivity contribution is 5.91. The van der Waals surface area contributed by atoms with Crippen LogP contribution in [0.1, 0.15) is 29.0 Å². The summed E-state index contributed by atoms with van der Waals surface area (Å²) >= 11 is 0. The van der Waals surface area contributed by atoms with Crippen LogP contribution in [0.2, 0.25) is 0 Å². The molecule has 0 saturated heterocycles. The fraction of sp³-hybridized carbons (Fsp3) is 0.192. The number of methoxy groups -OCH3 is 2.